The highest BCUT2D eigenvalue weighted by Crippen LogP contribution is 2.26. The molecule has 2 heterocycles. The second-order valence-corrected chi connectivity index (χ2v) is 8.83. The fourth-order valence-corrected chi connectivity index (χ4v) is 4.22. The molecule has 0 amide bonds. The molecule has 4 rings (SSSR count). The van der Waals surface area contributed by atoms with E-state index in [-0.39, 0.29) is 23.2 Å². The van der Waals surface area contributed by atoms with Crippen molar-refractivity contribution in [1.82, 2.24) is 19.7 Å². The molecule has 166 valence electrons. The third-order valence-electron chi connectivity index (χ3n) is 4.78. The Morgan fingerprint density at radius 3 is 2.31 bits per heavy atom. The van der Waals surface area contributed by atoms with E-state index in [1.165, 1.54) is 19.2 Å². The van der Waals surface area contributed by atoms with Gasteiger partial charge in [-0.1, -0.05) is 12.1 Å². The van der Waals surface area contributed by atoms with Crippen LogP contribution in [-0.2, 0) is 16.6 Å². The minimum Gasteiger partial charge on any atom is -0.497 e. The normalized spacial score (nSPS) is 11.5. The first-order valence-corrected chi connectivity index (χ1v) is 11.4. The largest absolute Gasteiger partial charge is 0.497 e. The van der Waals surface area contributed by atoms with Crippen LogP contribution in [0.1, 0.15) is 11.4 Å². The lowest BCUT2D eigenvalue weighted by Crippen LogP contribution is -2.17. The number of aryl methyl sites for hydroxylation is 2. The van der Waals surface area contributed by atoms with Crippen molar-refractivity contribution < 1.29 is 17.9 Å². The Kier molecular flexibility index (Phi) is 5.95. The van der Waals surface area contributed by atoms with Crippen molar-refractivity contribution in [2.75, 3.05) is 18.4 Å². The number of rotatable bonds is 8. The predicted octanol–water partition coefficient (Wildman–Crippen LogP) is 3.33. The molecule has 0 atom stereocenters. The number of aromatic nitrogens is 4. The molecule has 0 fully saturated rings. The Morgan fingerprint density at radius 2 is 1.69 bits per heavy atom. The lowest BCUT2D eigenvalue weighted by atomic mass is 10.3. The summed E-state index contributed by atoms with van der Waals surface area (Å²) in [6.45, 7) is 4.61. The zero-order valence-electron chi connectivity index (χ0n) is 17.9. The number of hydrogen-bond donors (Lipinski definition) is 1. The Bertz CT molecular complexity index is 1350. The molecule has 0 unspecified atom stereocenters. The molecule has 0 aliphatic carbocycles. The number of nitrogens with zero attached hydrogens (tertiary/aromatic N) is 4. The summed E-state index contributed by atoms with van der Waals surface area (Å²) in [5.74, 6) is 0.679. The number of nitrogens with one attached hydrogen (secondary N) is 1. The van der Waals surface area contributed by atoms with E-state index in [1.807, 2.05) is 36.7 Å². The van der Waals surface area contributed by atoms with Gasteiger partial charge in [0.05, 0.1) is 35.3 Å². The van der Waals surface area contributed by atoms with Gasteiger partial charge in [0, 0.05) is 5.69 Å². The second kappa shape index (κ2) is 8.83. The molecule has 0 spiro atoms. The topological polar surface area (TPSA) is 108 Å². The molecular weight excluding hydrogens is 430 g/mol. The molecular formula is C22H23N5O4S. The number of ether oxygens (including phenoxy) is 2. The van der Waals surface area contributed by atoms with E-state index in [1.54, 1.807) is 24.3 Å². The highest BCUT2D eigenvalue weighted by atomic mass is 32.2. The standard InChI is InChI=1S/C22H23N5O4S/c1-15-14-16(2)27(25-15)12-13-31-22-21(23-19-6-4-5-7-20(19)24-22)26-32(28,29)18-10-8-17(30-3)9-11-18/h4-11,14H,12-13H2,1-3H3,(H,23,26). The van der Waals surface area contributed by atoms with Gasteiger partial charge < -0.3 is 9.47 Å². The van der Waals surface area contributed by atoms with Crippen LogP contribution in [0.4, 0.5) is 5.82 Å². The van der Waals surface area contributed by atoms with Crippen LogP contribution in [0.2, 0.25) is 0 Å². The lowest BCUT2D eigenvalue weighted by molar-refractivity contribution is 0.281. The summed E-state index contributed by atoms with van der Waals surface area (Å²) in [5, 5.41) is 4.41. The van der Waals surface area contributed by atoms with Gasteiger partial charge in [-0.2, -0.15) is 5.10 Å². The van der Waals surface area contributed by atoms with Crippen LogP contribution in [0, 0.1) is 13.8 Å². The Labute approximate surface area is 186 Å². The quantitative estimate of drug-likeness (QED) is 0.436. The molecule has 9 nitrogen and oxygen atoms in total. The highest BCUT2D eigenvalue weighted by molar-refractivity contribution is 7.92. The van der Waals surface area contributed by atoms with Gasteiger partial charge in [-0.05, 0) is 56.3 Å². The molecule has 2 aromatic carbocycles. The van der Waals surface area contributed by atoms with Crippen LogP contribution in [0.15, 0.2) is 59.5 Å². The van der Waals surface area contributed by atoms with Crippen molar-refractivity contribution in [3.63, 3.8) is 0 Å². The second-order valence-electron chi connectivity index (χ2n) is 7.15. The van der Waals surface area contributed by atoms with E-state index in [9.17, 15) is 8.42 Å². The van der Waals surface area contributed by atoms with E-state index < -0.39 is 10.0 Å². The predicted molar refractivity (Wildman–Crippen MR) is 121 cm³/mol. The Morgan fingerprint density at radius 1 is 1.00 bits per heavy atom. The van der Waals surface area contributed by atoms with Gasteiger partial charge in [-0.25, -0.2) is 18.4 Å². The lowest BCUT2D eigenvalue weighted by Gasteiger charge is -2.13. The SMILES string of the molecule is COc1ccc(S(=O)(=O)Nc2nc3ccccc3nc2OCCn2nc(C)cc2C)cc1. The molecule has 0 radical (unpaired) electrons. The minimum atomic E-state index is -3.92. The molecule has 0 saturated heterocycles. The van der Waals surface area contributed by atoms with Gasteiger partial charge in [0.1, 0.15) is 12.4 Å². The van der Waals surface area contributed by atoms with E-state index in [2.05, 4.69) is 19.8 Å². The number of fused-ring (bicyclic) bond motifs is 1. The summed E-state index contributed by atoms with van der Waals surface area (Å²) in [4.78, 5) is 8.99. The zero-order chi connectivity index (χ0) is 22.7. The van der Waals surface area contributed by atoms with E-state index >= 15 is 0 Å². The average Bonchev–Trinajstić information content (AvgIpc) is 3.10. The van der Waals surface area contributed by atoms with Crippen molar-refractivity contribution in [2.24, 2.45) is 0 Å². The maximum absolute atomic E-state index is 12.9. The third-order valence-corrected chi connectivity index (χ3v) is 6.14. The maximum Gasteiger partial charge on any atom is 0.263 e. The van der Waals surface area contributed by atoms with Crippen LogP contribution >= 0.6 is 0 Å². The van der Waals surface area contributed by atoms with Crippen LogP contribution in [0.25, 0.3) is 11.0 Å². The number of sulfonamides is 1. The number of benzene rings is 2. The molecule has 32 heavy (non-hydrogen) atoms. The zero-order valence-corrected chi connectivity index (χ0v) is 18.8. The highest BCUT2D eigenvalue weighted by Gasteiger charge is 2.20. The monoisotopic (exact) mass is 453 g/mol. The van der Waals surface area contributed by atoms with Gasteiger partial charge in [0.25, 0.3) is 15.9 Å². The summed E-state index contributed by atoms with van der Waals surface area (Å²) in [7, 11) is -2.40. The molecule has 1 N–H and O–H groups in total. The van der Waals surface area contributed by atoms with Gasteiger partial charge in [0.2, 0.25) is 5.82 Å². The number of hydrogen-bond acceptors (Lipinski definition) is 7. The van der Waals surface area contributed by atoms with Gasteiger partial charge >= 0.3 is 0 Å². The smallest absolute Gasteiger partial charge is 0.263 e. The molecule has 0 saturated carbocycles. The van der Waals surface area contributed by atoms with Crippen LogP contribution < -0.4 is 14.2 Å². The molecule has 0 bridgehead atoms. The number of methoxy groups -OCH3 is 1. The summed E-state index contributed by atoms with van der Waals surface area (Å²) in [6, 6.07) is 15.2. The summed E-state index contributed by atoms with van der Waals surface area (Å²) in [5.41, 5.74) is 3.07. The van der Waals surface area contributed by atoms with Crippen molar-refractivity contribution in [1.29, 1.82) is 0 Å². The molecule has 4 aromatic rings. The van der Waals surface area contributed by atoms with E-state index in [0.717, 1.165) is 11.4 Å². The van der Waals surface area contributed by atoms with Crippen LogP contribution in [-0.4, -0.2) is 41.9 Å². The molecule has 10 heteroatoms. The van der Waals surface area contributed by atoms with E-state index in [0.29, 0.717) is 23.3 Å². The Hall–Kier alpha value is -3.66. The summed E-state index contributed by atoms with van der Waals surface area (Å²) >= 11 is 0. The first-order chi connectivity index (χ1) is 15.4. The van der Waals surface area contributed by atoms with Crippen molar-refractivity contribution in [3.05, 3.63) is 66.0 Å². The fraction of sp³-hybridized carbons (Fsp3) is 0.227. The van der Waals surface area contributed by atoms with Gasteiger partial charge in [-0.15, -0.1) is 0 Å². The first-order valence-electron chi connectivity index (χ1n) is 9.93. The summed E-state index contributed by atoms with van der Waals surface area (Å²) in [6.07, 6.45) is 0. The molecule has 0 aliphatic rings. The number of anilines is 1. The van der Waals surface area contributed by atoms with Crippen molar-refractivity contribution >= 4 is 26.9 Å². The first kappa shape index (κ1) is 21.6. The fourth-order valence-electron chi connectivity index (χ4n) is 3.22. The minimum absolute atomic E-state index is 0.0212. The van der Waals surface area contributed by atoms with E-state index in [4.69, 9.17) is 9.47 Å². The average molecular weight is 454 g/mol. The number of para-hydroxylation sites is 2. The molecule has 2 aromatic heterocycles. The van der Waals surface area contributed by atoms with Gasteiger partial charge in [0.15, 0.2) is 0 Å². The Balaban J connectivity index is 1.62. The van der Waals surface area contributed by atoms with Crippen LogP contribution in [0.5, 0.6) is 11.6 Å². The molecule has 0 aliphatic heterocycles. The third kappa shape index (κ3) is 4.65. The summed E-state index contributed by atoms with van der Waals surface area (Å²) < 4.78 is 41.2. The van der Waals surface area contributed by atoms with Crippen LogP contribution in [0.3, 0.4) is 0 Å². The van der Waals surface area contributed by atoms with Crippen molar-refractivity contribution in [3.8, 4) is 11.6 Å². The van der Waals surface area contributed by atoms with Gasteiger partial charge in [-0.3, -0.25) is 9.40 Å². The maximum atomic E-state index is 12.9. The van der Waals surface area contributed by atoms with Crippen molar-refractivity contribution in [2.45, 2.75) is 25.3 Å².